The van der Waals surface area contributed by atoms with Gasteiger partial charge in [0.2, 0.25) is 5.91 Å². The minimum Gasteiger partial charge on any atom is -0.318 e. The molecule has 1 aromatic carbocycles. The SMILES string of the molecule is CC1NC(c2ccc(F)c(F)c2)N(C2CCCC2C)C1=O. The summed E-state index contributed by atoms with van der Waals surface area (Å²) in [4.78, 5) is 14.3. The van der Waals surface area contributed by atoms with Crippen LogP contribution in [0.5, 0.6) is 0 Å². The smallest absolute Gasteiger partial charge is 0.241 e. The number of nitrogens with zero attached hydrogens (tertiary/aromatic N) is 1. The fraction of sp³-hybridized carbons (Fsp3) is 0.562. The van der Waals surface area contributed by atoms with Crippen LogP contribution in [-0.4, -0.2) is 22.9 Å². The Bertz CT molecular complexity index is 563. The summed E-state index contributed by atoms with van der Waals surface area (Å²) in [5.41, 5.74) is 0.603. The van der Waals surface area contributed by atoms with Crippen LogP contribution < -0.4 is 5.32 Å². The van der Waals surface area contributed by atoms with Crippen molar-refractivity contribution in [1.82, 2.24) is 10.2 Å². The van der Waals surface area contributed by atoms with E-state index in [4.69, 9.17) is 0 Å². The Labute approximate surface area is 123 Å². The first kappa shape index (κ1) is 14.4. The van der Waals surface area contributed by atoms with Gasteiger partial charge in [-0.1, -0.05) is 19.4 Å². The molecule has 0 spiro atoms. The van der Waals surface area contributed by atoms with E-state index in [9.17, 15) is 13.6 Å². The van der Waals surface area contributed by atoms with E-state index in [-0.39, 0.29) is 24.2 Å². The van der Waals surface area contributed by atoms with Gasteiger partial charge in [-0.2, -0.15) is 0 Å². The van der Waals surface area contributed by atoms with Crippen LogP contribution in [0.3, 0.4) is 0 Å². The highest BCUT2D eigenvalue weighted by Gasteiger charge is 2.44. The maximum absolute atomic E-state index is 13.5. The molecular weight excluding hydrogens is 274 g/mol. The molecule has 1 aromatic rings. The van der Waals surface area contributed by atoms with E-state index >= 15 is 0 Å². The molecule has 1 amide bonds. The quantitative estimate of drug-likeness (QED) is 0.909. The van der Waals surface area contributed by atoms with Crippen LogP contribution in [0.25, 0.3) is 0 Å². The summed E-state index contributed by atoms with van der Waals surface area (Å²) in [5.74, 6) is -1.25. The van der Waals surface area contributed by atoms with Crippen molar-refractivity contribution in [1.29, 1.82) is 0 Å². The summed E-state index contributed by atoms with van der Waals surface area (Å²) in [5, 5.41) is 3.20. The first-order valence-corrected chi connectivity index (χ1v) is 7.52. The van der Waals surface area contributed by atoms with E-state index in [1.165, 1.54) is 6.07 Å². The Kier molecular flexibility index (Phi) is 3.69. The molecule has 1 aliphatic carbocycles. The highest BCUT2D eigenvalue weighted by molar-refractivity contribution is 5.84. The second kappa shape index (κ2) is 5.37. The van der Waals surface area contributed by atoms with Crippen LogP contribution in [0.1, 0.15) is 44.8 Å². The minimum atomic E-state index is -0.874. The predicted octanol–water partition coefficient (Wildman–Crippen LogP) is 2.97. The third-order valence-electron chi connectivity index (χ3n) is 4.74. The van der Waals surface area contributed by atoms with Crippen molar-refractivity contribution in [2.24, 2.45) is 5.92 Å². The average Bonchev–Trinajstić information content (AvgIpc) is 2.98. The second-order valence-electron chi connectivity index (χ2n) is 6.19. The normalized spacial score (nSPS) is 33.0. The number of rotatable bonds is 2. The Morgan fingerprint density at radius 3 is 2.57 bits per heavy atom. The van der Waals surface area contributed by atoms with Gasteiger partial charge in [0.1, 0.15) is 6.17 Å². The third-order valence-corrected chi connectivity index (χ3v) is 4.74. The molecule has 5 heteroatoms. The molecule has 0 bridgehead atoms. The zero-order chi connectivity index (χ0) is 15.1. The number of hydrogen-bond donors (Lipinski definition) is 1. The number of amides is 1. The number of carbonyl (C=O) groups excluding carboxylic acids is 1. The number of benzene rings is 1. The van der Waals surface area contributed by atoms with Gasteiger partial charge >= 0.3 is 0 Å². The molecule has 4 atom stereocenters. The Hall–Kier alpha value is -1.49. The maximum atomic E-state index is 13.5. The summed E-state index contributed by atoms with van der Waals surface area (Å²) in [6.07, 6.45) is 2.82. The fourth-order valence-electron chi connectivity index (χ4n) is 3.57. The number of carbonyl (C=O) groups is 1. The molecule has 4 unspecified atom stereocenters. The van der Waals surface area contributed by atoms with E-state index in [1.807, 2.05) is 11.8 Å². The van der Waals surface area contributed by atoms with E-state index in [1.54, 1.807) is 6.07 Å². The summed E-state index contributed by atoms with van der Waals surface area (Å²) in [6.45, 7) is 3.96. The fourth-order valence-corrected chi connectivity index (χ4v) is 3.57. The molecule has 0 radical (unpaired) electrons. The topological polar surface area (TPSA) is 32.3 Å². The summed E-state index contributed by atoms with van der Waals surface area (Å²) < 4.78 is 26.6. The largest absolute Gasteiger partial charge is 0.318 e. The van der Waals surface area contributed by atoms with Gasteiger partial charge in [0.05, 0.1) is 6.04 Å². The molecule has 3 nitrogen and oxygen atoms in total. The van der Waals surface area contributed by atoms with Crippen LogP contribution in [-0.2, 0) is 4.79 Å². The van der Waals surface area contributed by atoms with Gasteiger partial charge in [-0.15, -0.1) is 0 Å². The van der Waals surface area contributed by atoms with Crippen molar-refractivity contribution in [2.75, 3.05) is 0 Å². The van der Waals surface area contributed by atoms with E-state index in [0.717, 1.165) is 25.3 Å². The van der Waals surface area contributed by atoms with Crippen molar-refractivity contribution in [2.45, 2.75) is 51.4 Å². The molecule has 1 saturated heterocycles. The number of halogens is 2. The lowest BCUT2D eigenvalue weighted by molar-refractivity contribution is -0.132. The minimum absolute atomic E-state index is 0.0449. The van der Waals surface area contributed by atoms with E-state index < -0.39 is 11.6 Å². The van der Waals surface area contributed by atoms with E-state index in [2.05, 4.69) is 12.2 Å². The summed E-state index contributed by atoms with van der Waals surface area (Å²) >= 11 is 0. The van der Waals surface area contributed by atoms with Gasteiger partial charge in [-0.25, -0.2) is 8.78 Å². The van der Waals surface area contributed by atoms with Gasteiger partial charge in [-0.3, -0.25) is 10.1 Å². The van der Waals surface area contributed by atoms with Crippen LogP contribution >= 0.6 is 0 Å². The molecule has 1 N–H and O–H groups in total. The lowest BCUT2D eigenvalue weighted by Gasteiger charge is -2.33. The van der Waals surface area contributed by atoms with Crippen LogP contribution in [0, 0.1) is 17.6 Å². The Morgan fingerprint density at radius 1 is 1.19 bits per heavy atom. The number of nitrogens with one attached hydrogen (secondary N) is 1. The first-order valence-electron chi connectivity index (χ1n) is 7.52. The van der Waals surface area contributed by atoms with Gasteiger partial charge in [0, 0.05) is 6.04 Å². The molecule has 1 heterocycles. The van der Waals surface area contributed by atoms with Gasteiger partial charge < -0.3 is 4.90 Å². The molecule has 0 aromatic heterocycles. The molecule has 2 aliphatic rings. The summed E-state index contributed by atoms with van der Waals surface area (Å²) in [7, 11) is 0. The van der Waals surface area contributed by atoms with E-state index in [0.29, 0.717) is 11.5 Å². The molecule has 114 valence electrons. The maximum Gasteiger partial charge on any atom is 0.241 e. The van der Waals surface area contributed by atoms with Crippen LogP contribution in [0.2, 0.25) is 0 Å². The number of hydrogen-bond acceptors (Lipinski definition) is 2. The lowest BCUT2D eigenvalue weighted by atomic mass is 10.0. The molecule has 1 saturated carbocycles. The molecule has 3 rings (SSSR count). The standard InChI is InChI=1S/C16H20F2N2O/c1-9-4-3-5-14(9)20-15(19-10(2)16(20)21)11-6-7-12(17)13(18)8-11/h6-10,14-15,19H,3-5H2,1-2H3. The first-order chi connectivity index (χ1) is 9.99. The van der Waals surface area contributed by atoms with Crippen molar-refractivity contribution in [3.05, 3.63) is 35.4 Å². The van der Waals surface area contributed by atoms with Crippen molar-refractivity contribution >= 4 is 5.91 Å². The molecule has 2 fully saturated rings. The molecular formula is C16H20F2N2O. The van der Waals surface area contributed by atoms with Crippen LogP contribution in [0.4, 0.5) is 8.78 Å². The van der Waals surface area contributed by atoms with Crippen molar-refractivity contribution < 1.29 is 13.6 Å². The lowest BCUT2D eigenvalue weighted by Crippen LogP contribution is -2.41. The third kappa shape index (κ3) is 2.44. The molecule has 1 aliphatic heterocycles. The van der Waals surface area contributed by atoms with Crippen LogP contribution in [0.15, 0.2) is 18.2 Å². The zero-order valence-electron chi connectivity index (χ0n) is 12.3. The van der Waals surface area contributed by atoms with Crippen molar-refractivity contribution in [3.63, 3.8) is 0 Å². The predicted molar refractivity (Wildman–Crippen MR) is 75.3 cm³/mol. The highest BCUT2D eigenvalue weighted by Crippen LogP contribution is 2.37. The Balaban J connectivity index is 1.95. The van der Waals surface area contributed by atoms with Crippen molar-refractivity contribution in [3.8, 4) is 0 Å². The van der Waals surface area contributed by atoms with Gasteiger partial charge in [-0.05, 0) is 43.4 Å². The zero-order valence-corrected chi connectivity index (χ0v) is 12.3. The highest BCUT2D eigenvalue weighted by atomic mass is 19.2. The monoisotopic (exact) mass is 294 g/mol. The van der Waals surface area contributed by atoms with Gasteiger partial charge in [0.15, 0.2) is 11.6 Å². The second-order valence-corrected chi connectivity index (χ2v) is 6.19. The Morgan fingerprint density at radius 2 is 1.95 bits per heavy atom. The summed E-state index contributed by atoms with van der Waals surface area (Å²) in [6, 6.07) is 3.73. The molecule has 21 heavy (non-hydrogen) atoms. The average molecular weight is 294 g/mol. The van der Waals surface area contributed by atoms with Gasteiger partial charge in [0.25, 0.3) is 0 Å².